The van der Waals surface area contributed by atoms with Crippen LogP contribution in [-0.4, -0.2) is 25.2 Å². The van der Waals surface area contributed by atoms with Crippen molar-refractivity contribution in [3.8, 4) is 0 Å². The Balaban J connectivity index is 5.08. The Morgan fingerprint density at radius 1 is 1.31 bits per heavy atom. The van der Waals surface area contributed by atoms with Crippen LogP contribution in [0, 0.1) is 0 Å². The molecule has 0 N–H and O–H groups in total. The molecule has 0 heterocycles. The molecular weight excluding hydrogens is 219 g/mol. The number of halogens is 3. The van der Waals surface area contributed by atoms with Crippen LogP contribution in [0.4, 0.5) is 13.2 Å². The molecule has 0 spiro atoms. The van der Waals surface area contributed by atoms with Gasteiger partial charge in [-0.2, -0.15) is 13.2 Å². The topological polar surface area (TPSA) is 21.6 Å². The summed E-state index contributed by atoms with van der Waals surface area (Å²) in [5.74, 6) is 0.00965. The first-order chi connectivity index (χ1) is 7.45. The zero-order chi connectivity index (χ0) is 12.6. The fourth-order valence-corrected chi connectivity index (χ4v) is 0.974. The van der Waals surface area contributed by atoms with E-state index in [9.17, 15) is 13.2 Å². The van der Waals surface area contributed by atoms with Crippen LogP contribution < -0.4 is 0 Å². The van der Waals surface area contributed by atoms with E-state index < -0.39 is 11.7 Å². The van der Waals surface area contributed by atoms with E-state index in [0.717, 1.165) is 12.2 Å². The fraction of sp³-hybridized carbons (Fsp3) is 0.545. The minimum Gasteiger partial charge on any atom is -0.478 e. The van der Waals surface area contributed by atoms with Crippen LogP contribution in [0.25, 0.3) is 0 Å². The van der Waals surface area contributed by atoms with E-state index >= 15 is 0 Å². The van der Waals surface area contributed by atoms with Gasteiger partial charge in [0.05, 0.1) is 12.2 Å². The standard InChI is InChI=1S/C11H16F3NO/c1-4-7-9(11(12,13)14)8-10(15-5-2)16-6-3/h4,7-8H,5-6H2,1-3H3/b7-4+,9-8+,15-10?. The molecule has 16 heavy (non-hydrogen) atoms. The minimum absolute atomic E-state index is 0.00965. The van der Waals surface area contributed by atoms with E-state index in [4.69, 9.17) is 4.74 Å². The molecule has 0 aliphatic carbocycles. The van der Waals surface area contributed by atoms with Gasteiger partial charge < -0.3 is 4.74 Å². The first-order valence-electron chi connectivity index (χ1n) is 5.04. The van der Waals surface area contributed by atoms with Crippen molar-refractivity contribution < 1.29 is 17.9 Å². The van der Waals surface area contributed by atoms with Crippen molar-refractivity contribution in [2.75, 3.05) is 13.2 Å². The van der Waals surface area contributed by atoms with E-state index in [1.54, 1.807) is 13.8 Å². The lowest BCUT2D eigenvalue weighted by Crippen LogP contribution is -2.13. The van der Waals surface area contributed by atoms with Crippen molar-refractivity contribution in [1.29, 1.82) is 0 Å². The van der Waals surface area contributed by atoms with Gasteiger partial charge in [-0.05, 0) is 20.8 Å². The highest BCUT2D eigenvalue weighted by atomic mass is 19.4. The Labute approximate surface area is 93.5 Å². The summed E-state index contributed by atoms with van der Waals surface area (Å²) >= 11 is 0. The van der Waals surface area contributed by atoms with Gasteiger partial charge in [-0.1, -0.05) is 12.2 Å². The molecule has 0 atom stereocenters. The van der Waals surface area contributed by atoms with E-state index in [1.165, 1.54) is 13.0 Å². The third kappa shape index (κ3) is 5.58. The smallest absolute Gasteiger partial charge is 0.416 e. The van der Waals surface area contributed by atoms with Gasteiger partial charge in [-0.25, -0.2) is 0 Å². The highest BCUT2D eigenvalue weighted by Crippen LogP contribution is 2.26. The second-order valence-corrected chi connectivity index (χ2v) is 2.84. The van der Waals surface area contributed by atoms with Gasteiger partial charge >= 0.3 is 6.18 Å². The van der Waals surface area contributed by atoms with Crippen molar-refractivity contribution in [2.45, 2.75) is 26.9 Å². The van der Waals surface area contributed by atoms with Gasteiger partial charge in [0, 0.05) is 12.6 Å². The van der Waals surface area contributed by atoms with Crippen molar-refractivity contribution in [3.63, 3.8) is 0 Å². The predicted octanol–water partition coefficient (Wildman–Crippen LogP) is 3.51. The third-order valence-electron chi connectivity index (χ3n) is 1.56. The van der Waals surface area contributed by atoms with Gasteiger partial charge in [-0.15, -0.1) is 0 Å². The van der Waals surface area contributed by atoms with Crippen LogP contribution in [0.2, 0.25) is 0 Å². The predicted molar refractivity (Wildman–Crippen MR) is 58.6 cm³/mol. The van der Waals surface area contributed by atoms with E-state index in [2.05, 4.69) is 4.99 Å². The van der Waals surface area contributed by atoms with E-state index in [0.29, 0.717) is 6.54 Å². The number of rotatable bonds is 4. The lowest BCUT2D eigenvalue weighted by Gasteiger charge is -2.09. The van der Waals surface area contributed by atoms with Gasteiger partial charge in [0.2, 0.25) is 5.90 Å². The summed E-state index contributed by atoms with van der Waals surface area (Å²) in [6.07, 6.45) is -1.16. The summed E-state index contributed by atoms with van der Waals surface area (Å²) in [5.41, 5.74) is -0.768. The molecule has 5 heteroatoms. The molecule has 0 aromatic rings. The Hall–Kier alpha value is -1.26. The Morgan fingerprint density at radius 3 is 2.31 bits per heavy atom. The molecule has 92 valence electrons. The second kappa shape index (κ2) is 7.09. The second-order valence-electron chi connectivity index (χ2n) is 2.84. The Kier molecular flexibility index (Phi) is 6.53. The van der Waals surface area contributed by atoms with Crippen LogP contribution in [0.3, 0.4) is 0 Å². The van der Waals surface area contributed by atoms with Gasteiger partial charge in [0.1, 0.15) is 0 Å². The van der Waals surface area contributed by atoms with Crippen molar-refractivity contribution >= 4 is 5.90 Å². The van der Waals surface area contributed by atoms with Gasteiger partial charge in [0.15, 0.2) is 0 Å². The molecule has 0 rings (SSSR count). The number of hydrogen-bond donors (Lipinski definition) is 0. The molecule has 0 amide bonds. The molecule has 2 nitrogen and oxygen atoms in total. The Morgan fingerprint density at radius 2 is 1.94 bits per heavy atom. The molecule has 0 radical (unpaired) electrons. The normalized spacial score (nSPS) is 14.6. The highest BCUT2D eigenvalue weighted by Gasteiger charge is 2.32. The number of ether oxygens (including phenoxy) is 1. The van der Waals surface area contributed by atoms with E-state index in [1.807, 2.05) is 0 Å². The molecule has 0 aliphatic rings. The maximum atomic E-state index is 12.5. The summed E-state index contributed by atoms with van der Waals surface area (Å²) in [6, 6.07) is 0. The molecule has 0 aromatic heterocycles. The average molecular weight is 235 g/mol. The molecule has 0 saturated carbocycles. The number of hydrogen-bond acceptors (Lipinski definition) is 2. The van der Waals surface area contributed by atoms with Gasteiger partial charge in [-0.3, -0.25) is 4.99 Å². The SMILES string of the molecule is C/C=C/C(=C\C(=NCC)OCC)C(F)(F)F. The van der Waals surface area contributed by atoms with Crippen molar-refractivity contribution in [2.24, 2.45) is 4.99 Å². The number of alkyl halides is 3. The first kappa shape index (κ1) is 14.7. The van der Waals surface area contributed by atoms with Crippen molar-refractivity contribution in [3.05, 3.63) is 23.8 Å². The maximum absolute atomic E-state index is 12.5. The summed E-state index contributed by atoms with van der Waals surface area (Å²) in [6.45, 7) is 5.62. The van der Waals surface area contributed by atoms with Crippen LogP contribution in [-0.2, 0) is 4.74 Å². The lowest BCUT2D eigenvalue weighted by molar-refractivity contribution is -0.0881. The largest absolute Gasteiger partial charge is 0.478 e. The highest BCUT2D eigenvalue weighted by molar-refractivity contribution is 5.89. The molecule has 0 fully saturated rings. The summed E-state index contributed by atoms with van der Waals surface area (Å²) in [7, 11) is 0. The number of allylic oxidation sites excluding steroid dienone is 3. The van der Waals surface area contributed by atoms with Crippen LogP contribution >= 0.6 is 0 Å². The van der Waals surface area contributed by atoms with Crippen molar-refractivity contribution in [1.82, 2.24) is 0 Å². The van der Waals surface area contributed by atoms with Gasteiger partial charge in [0.25, 0.3) is 0 Å². The van der Waals surface area contributed by atoms with Crippen LogP contribution in [0.5, 0.6) is 0 Å². The quantitative estimate of drug-likeness (QED) is 0.415. The van der Waals surface area contributed by atoms with Crippen LogP contribution in [0.1, 0.15) is 20.8 Å². The first-order valence-corrected chi connectivity index (χ1v) is 5.04. The van der Waals surface area contributed by atoms with Crippen LogP contribution in [0.15, 0.2) is 28.8 Å². The zero-order valence-corrected chi connectivity index (χ0v) is 9.64. The summed E-state index contributed by atoms with van der Waals surface area (Å²) in [5, 5.41) is 0. The fourth-order valence-electron chi connectivity index (χ4n) is 0.974. The average Bonchev–Trinajstić information content (AvgIpc) is 2.16. The molecule has 0 aromatic carbocycles. The van der Waals surface area contributed by atoms with E-state index in [-0.39, 0.29) is 12.5 Å². The lowest BCUT2D eigenvalue weighted by atomic mass is 10.2. The molecular formula is C11H16F3NO. The molecule has 0 unspecified atom stereocenters. The molecule has 0 aliphatic heterocycles. The monoisotopic (exact) mass is 235 g/mol. The zero-order valence-electron chi connectivity index (χ0n) is 9.64. The number of aliphatic imine (C=N–C) groups is 1. The number of nitrogens with zero attached hydrogens (tertiary/aromatic N) is 1. The maximum Gasteiger partial charge on any atom is 0.416 e. The third-order valence-corrected chi connectivity index (χ3v) is 1.56. The molecule has 0 bridgehead atoms. The Bertz CT molecular complexity index is 290. The summed E-state index contributed by atoms with van der Waals surface area (Å²) < 4.78 is 42.5. The minimum atomic E-state index is -4.39. The molecule has 0 saturated heterocycles. The summed E-state index contributed by atoms with van der Waals surface area (Å²) in [4.78, 5) is 3.83.